The van der Waals surface area contributed by atoms with E-state index in [0.717, 1.165) is 5.56 Å². The van der Waals surface area contributed by atoms with Crippen LogP contribution in [0.15, 0.2) is 22.6 Å². The van der Waals surface area contributed by atoms with Gasteiger partial charge < -0.3 is 9.15 Å². The van der Waals surface area contributed by atoms with Crippen LogP contribution in [0.1, 0.15) is 33.4 Å². The smallest absolute Gasteiger partial charge is 0.375 e. The summed E-state index contributed by atoms with van der Waals surface area (Å²) in [5, 5.41) is 0.672. The second kappa shape index (κ2) is 4.41. The average Bonchev–Trinajstić information content (AvgIpc) is 2.69. The molecule has 2 aromatic rings. The minimum atomic E-state index is -0.606. The van der Waals surface area contributed by atoms with Crippen molar-refractivity contribution in [2.24, 2.45) is 0 Å². The van der Waals surface area contributed by atoms with Gasteiger partial charge in [0.15, 0.2) is 6.29 Å². The molecule has 17 heavy (non-hydrogen) atoms. The molecule has 0 aliphatic heterocycles. The summed E-state index contributed by atoms with van der Waals surface area (Å²) in [6, 6.07) is 5.39. The van der Waals surface area contributed by atoms with Gasteiger partial charge in [0, 0.05) is 5.39 Å². The topological polar surface area (TPSA) is 56.5 Å². The maximum atomic E-state index is 11.6. The van der Waals surface area contributed by atoms with E-state index in [1.165, 1.54) is 0 Å². The fraction of sp³-hybridized carbons (Fsp3) is 0.231. The van der Waals surface area contributed by atoms with Gasteiger partial charge in [0.2, 0.25) is 5.76 Å². The highest BCUT2D eigenvalue weighted by Gasteiger charge is 2.22. The minimum Gasteiger partial charge on any atom is -0.460 e. The van der Waals surface area contributed by atoms with E-state index in [0.29, 0.717) is 17.3 Å². The zero-order chi connectivity index (χ0) is 12.4. The fourth-order valence-corrected chi connectivity index (χ4v) is 1.81. The summed E-state index contributed by atoms with van der Waals surface area (Å²) in [5.41, 5.74) is 1.68. The third-order valence-corrected chi connectivity index (χ3v) is 2.54. The molecule has 1 aromatic heterocycles. The molecule has 0 unspecified atom stereocenters. The van der Waals surface area contributed by atoms with Crippen molar-refractivity contribution >= 4 is 23.2 Å². The molecule has 0 saturated carbocycles. The fourth-order valence-electron chi connectivity index (χ4n) is 1.81. The van der Waals surface area contributed by atoms with Crippen molar-refractivity contribution in [3.8, 4) is 0 Å². The van der Waals surface area contributed by atoms with Gasteiger partial charge in [0.05, 0.1) is 12.2 Å². The molecule has 0 bridgehead atoms. The molecule has 0 aliphatic rings. The van der Waals surface area contributed by atoms with Crippen LogP contribution in [0, 0.1) is 6.92 Å². The van der Waals surface area contributed by atoms with E-state index in [-0.39, 0.29) is 17.9 Å². The molecule has 0 atom stereocenters. The Morgan fingerprint density at radius 2 is 2.24 bits per heavy atom. The summed E-state index contributed by atoms with van der Waals surface area (Å²) in [6.07, 6.45) is 0.630. The third kappa shape index (κ3) is 1.82. The zero-order valence-corrected chi connectivity index (χ0v) is 9.65. The number of hydrogen-bond acceptors (Lipinski definition) is 4. The number of benzene rings is 1. The molecule has 0 N–H and O–H groups in total. The average molecular weight is 232 g/mol. The number of esters is 1. The lowest BCUT2D eigenvalue weighted by molar-refractivity contribution is 0.0490. The summed E-state index contributed by atoms with van der Waals surface area (Å²) in [6.45, 7) is 3.80. The van der Waals surface area contributed by atoms with Gasteiger partial charge in [-0.05, 0) is 25.5 Å². The monoisotopic (exact) mass is 232 g/mol. The lowest BCUT2D eigenvalue weighted by Gasteiger charge is -1.97. The molecule has 4 nitrogen and oxygen atoms in total. The summed E-state index contributed by atoms with van der Waals surface area (Å²) in [4.78, 5) is 22.7. The van der Waals surface area contributed by atoms with Crippen molar-refractivity contribution in [1.29, 1.82) is 0 Å². The molecule has 0 spiro atoms. The van der Waals surface area contributed by atoms with E-state index in [4.69, 9.17) is 9.15 Å². The van der Waals surface area contributed by atoms with Crippen LogP contribution in [0.4, 0.5) is 0 Å². The normalized spacial score (nSPS) is 10.5. The lowest BCUT2D eigenvalue weighted by Crippen LogP contribution is -2.05. The van der Waals surface area contributed by atoms with E-state index in [1.54, 1.807) is 13.0 Å². The van der Waals surface area contributed by atoms with Crippen molar-refractivity contribution < 1.29 is 18.7 Å². The number of rotatable bonds is 3. The minimum absolute atomic E-state index is 0.0221. The Morgan fingerprint density at radius 3 is 2.88 bits per heavy atom. The number of ether oxygens (including phenoxy) is 1. The van der Waals surface area contributed by atoms with Gasteiger partial charge in [-0.3, -0.25) is 4.79 Å². The molecule has 0 amide bonds. The number of aryl methyl sites for hydroxylation is 1. The molecular formula is C13H12O4. The maximum Gasteiger partial charge on any atom is 0.375 e. The van der Waals surface area contributed by atoms with Crippen molar-refractivity contribution in [3.63, 3.8) is 0 Å². The highest BCUT2D eigenvalue weighted by atomic mass is 16.5. The van der Waals surface area contributed by atoms with Gasteiger partial charge in [-0.2, -0.15) is 0 Å². The summed E-state index contributed by atoms with van der Waals surface area (Å²) >= 11 is 0. The first-order valence-corrected chi connectivity index (χ1v) is 5.33. The SMILES string of the molecule is CCOC(=O)c1oc2cccc(C)c2c1C=O. The van der Waals surface area contributed by atoms with Crippen LogP contribution in [0.3, 0.4) is 0 Å². The van der Waals surface area contributed by atoms with Gasteiger partial charge in [0.25, 0.3) is 0 Å². The van der Waals surface area contributed by atoms with Crippen LogP contribution >= 0.6 is 0 Å². The number of furan rings is 1. The van der Waals surface area contributed by atoms with Gasteiger partial charge in [-0.25, -0.2) is 4.79 Å². The maximum absolute atomic E-state index is 11.6. The van der Waals surface area contributed by atoms with Crippen molar-refractivity contribution in [3.05, 3.63) is 35.1 Å². The van der Waals surface area contributed by atoms with Crippen molar-refractivity contribution in [1.82, 2.24) is 0 Å². The molecule has 0 saturated heterocycles. The quantitative estimate of drug-likeness (QED) is 0.603. The molecule has 0 fully saturated rings. The van der Waals surface area contributed by atoms with E-state index in [2.05, 4.69) is 0 Å². The summed E-state index contributed by atoms with van der Waals surface area (Å²) in [5.74, 6) is -0.628. The second-order valence-corrected chi connectivity index (χ2v) is 3.63. The summed E-state index contributed by atoms with van der Waals surface area (Å²) < 4.78 is 10.2. The Morgan fingerprint density at radius 1 is 1.47 bits per heavy atom. The highest BCUT2D eigenvalue weighted by molar-refractivity contribution is 6.07. The first-order chi connectivity index (χ1) is 8.19. The largest absolute Gasteiger partial charge is 0.460 e. The Balaban J connectivity index is 2.69. The molecule has 88 valence electrons. The molecule has 0 radical (unpaired) electrons. The number of hydrogen-bond donors (Lipinski definition) is 0. The molecular weight excluding hydrogens is 220 g/mol. The zero-order valence-electron chi connectivity index (χ0n) is 9.65. The second-order valence-electron chi connectivity index (χ2n) is 3.63. The van der Waals surface area contributed by atoms with Crippen LogP contribution in [0.25, 0.3) is 11.0 Å². The number of carbonyl (C=O) groups is 2. The third-order valence-electron chi connectivity index (χ3n) is 2.54. The highest BCUT2D eigenvalue weighted by Crippen LogP contribution is 2.27. The summed E-state index contributed by atoms with van der Waals surface area (Å²) in [7, 11) is 0. The first-order valence-electron chi connectivity index (χ1n) is 5.33. The lowest BCUT2D eigenvalue weighted by atomic mass is 10.1. The van der Waals surface area contributed by atoms with Crippen molar-refractivity contribution in [2.45, 2.75) is 13.8 Å². The van der Waals surface area contributed by atoms with E-state index in [9.17, 15) is 9.59 Å². The number of fused-ring (bicyclic) bond motifs is 1. The Hall–Kier alpha value is -2.10. The first kappa shape index (κ1) is 11.4. The Kier molecular flexibility index (Phi) is 2.95. The van der Waals surface area contributed by atoms with Gasteiger partial charge in [-0.1, -0.05) is 12.1 Å². The number of carbonyl (C=O) groups excluding carboxylic acids is 2. The van der Waals surface area contributed by atoms with Gasteiger partial charge in [-0.15, -0.1) is 0 Å². The molecule has 1 heterocycles. The molecule has 0 aliphatic carbocycles. The standard InChI is InChI=1S/C13H12O4/c1-3-16-13(15)12-9(7-14)11-8(2)5-4-6-10(11)17-12/h4-7H,3H2,1-2H3. The van der Waals surface area contributed by atoms with Crippen LogP contribution in [0.5, 0.6) is 0 Å². The van der Waals surface area contributed by atoms with Crippen molar-refractivity contribution in [2.75, 3.05) is 6.61 Å². The van der Waals surface area contributed by atoms with Gasteiger partial charge >= 0.3 is 5.97 Å². The van der Waals surface area contributed by atoms with Gasteiger partial charge in [0.1, 0.15) is 5.58 Å². The van der Waals surface area contributed by atoms with Crippen LogP contribution in [-0.4, -0.2) is 18.9 Å². The van der Waals surface area contributed by atoms with E-state index < -0.39 is 5.97 Å². The Labute approximate surface area is 98.2 Å². The van der Waals surface area contributed by atoms with Crippen LogP contribution in [0.2, 0.25) is 0 Å². The Bertz CT molecular complexity index is 580. The predicted octanol–water partition coefficient (Wildman–Crippen LogP) is 2.73. The van der Waals surface area contributed by atoms with E-state index >= 15 is 0 Å². The molecule has 4 heteroatoms. The molecule has 2 rings (SSSR count). The van der Waals surface area contributed by atoms with Crippen LogP contribution in [-0.2, 0) is 4.74 Å². The predicted molar refractivity (Wildman–Crippen MR) is 62.3 cm³/mol. The molecule has 1 aromatic carbocycles. The van der Waals surface area contributed by atoms with E-state index in [1.807, 2.05) is 19.1 Å². The van der Waals surface area contributed by atoms with Crippen LogP contribution < -0.4 is 0 Å². The number of aldehydes is 1.